The van der Waals surface area contributed by atoms with Gasteiger partial charge >= 0.3 is 5.97 Å². The summed E-state index contributed by atoms with van der Waals surface area (Å²) < 4.78 is 5.48. The maximum Gasteiger partial charge on any atom is 0.312 e. The van der Waals surface area contributed by atoms with E-state index >= 15 is 0 Å². The van der Waals surface area contributed by atoms with Crippen molar-refractivity contribution in [3.8, 4) is 0 Å². The third-order valence-electron chi connectivity index (χ3n) is 5.52. The maximum atomic E-state index is 12.5. The molecule has 2 saturated carbocycles. The van der Waals surface area contributed by atoms with Crippen LogP contribution in [0.15, 0.2) is 0 Å². The van der Waals surface area contributed by atoms with Crippen molar-refractivity contribution in [1.29, 1.82) is 0 Å². The van der Waals surface area contributed by atoms with Crippen LogP contribution in [-0.4, -0.2) is 12.6 Å². The minimum absolute atomic E-state index is 0.0642. The minimum atomic E-state index is -0.0642. The Balaban J connectivity index is 1.89. The Morgan fingerprint density at radius 1 is 0.882 bits per heavy atom. The van der Waals surface area contributed by atoms with E-state index in [0.717, 1.165) is 12.8 Å². The van der Waals surface area contributed by atoms with Crippen LogP contribution < -0.4 is 0 Å². The van der Waals surface area contributed by atoms with Crippen LogP contribution in [0.1, 0.15) is 64.2 Å². The van der Waals surface area contributed by atoms with Crippen LogP contribution in [0.5, 0.6) is 0 Å². The SMILES string of the molecule is O=C1OCCCC1(C1CCCC1)C1CCCC1. The topological polar surface area (TPSA) is 26.3 Å². The summed E-state index contributed by atoms with van der Waals surface area (Å²) in [5.74, 6) is 1.44. The lowest BCUT2D eigenvalue weighted by atomic mass is 9.62. The lowest BCUT2D eigenvalue weighted by Crippen LogP contribution is -2.47. The first kappa shape index (κ1) is 11.6. The molecule has 0 N–H and O–H groups in total. The van der Waals surface area contributed by atoms with E-state index in [4.69, 9.17) is 4.74 Å². The quantitative estimate of drug-likeness (QED) is 0.683. The molecule has 0 atom stereocenters. The third kappa shape index (κ3) is 1.80. The van der Waals surface area contributed by atoms with Gasteiger partial charge in [0.25, 0.3) is 0 Å². The highest BCUT2D eigenvalue weighted by Gasteiger charge is 2.54. The first-order valence-corrected chi connectivity index (χ1v) is 7.51. The van der Waals surface area contributed by atoms with Crippen LogP contribution in [0.3, 0.4) is 0 Å². The molecule has 17 heavy (non-hydrogen) atoms. The smallest absolute Gasteiger partial charge is 0.312 e. The summed E-state index contributed by atoms with van der Waals surface area (Å²) in [6.07, 6.45) is 12.6. The van der Waals surface area contributed by atoms with Gasteiger partial charge in [0.15, 0.2) is 0 Å². The van der Waals surface area contributed by atoms with Crippen LogP contribution in [0, 0.1) is 17.3 Å². The van der Waals surface area contributed by atoms with E-state index in [1.165, 1.54) is 51.4 Å². The fourth-order valence-electron chi connectivity index (χ4n) is 4.72. The highest BCUT2D eigenvalue weighted by molar-refractivity contribution is 5.78. The van der Waals surface area contributed by atoms with E-state index < -0.39 is 0 Å². The van der Waals surface area contributed by atoms with Gasteiger partial charge in [-0.1, -0.05) is 25.7 Å². The summed E-state index contributed by atoms with van der Waals surface area (Å²) in [5.41, 5.74) is -0.0642. The van der Waals surface area contributed by atoms with Crippen molar-refractivity contribution in [3.05, 3.63) is 0 Å². The van der Waals surface area contributed by atoms with Gasteiger partial charge in [-0.05, 0) is 50.4 Å². The molecular weight excluding hydrogens is 212 g/mol. The molecule has 0 unspecified atom stereocenters. The fraction of sp³-hybridized carbons (Fsp3) is 0.933. The molecule has 1 aliphatic heterocycles. The van der Waals surface area contributed by atoms with Gasteiger partial charge in [-0.25, -0.2) is 0 Å². The van der Waals surface area contributed by atoms with Gasteiger partial charge in [0.05, 0.1) is 12.0 Å². The van der Waals surface area contributed by atoms with Crippen molar-refractivity contribution >= 4 is 5.97 Å². The van der Waals surface area contributed by atoms with E-state index in [1.54, 1.807) is 0 Å². The molecule has 1 heterocycles. The van der Waals surface area contributed by atoms with Crippen molar-refractivity contribution in [3.63, 3.8) is 0 Å². The maximum absolute atomic E-state index is 12.5. The fourth-order valence-corrected chi connectivity index (χ4v) is 4.72. The second kappa shape index (κ2) is 4.62. The molecule has 0 bridgehead atoms. The predicted octanol–water partition coefficient (Wildman–Crippen LogP) is 3.69. The summed E-state index contributed by atoms with van der Waals surface area (Å²) in [6.45, 7) is 0.667. The normalized spacial score (nSPS) is 30.7. The molecular formula is C15H24O2. The molecule has 1 saturated heterocycles. The number of esters is 1. The second-order valence-electron chi connectivity index (χ2n) is 6.24. The molecule has 0 aromatic rings. The largest absolute Gasteiger partial charge is 0.465 e. The molecule has 0 radical (unpaired) electrons. The van der Waals surface area contributed by atoms with E-state index in [9.17, 15) is 4.79 Å². The monoisotopic (exact) mass is 236 g/mol. The number of cyclic esters (lactones) is 1. The van der Waals surface area contributed by atoms with Crippen molar-refractivity contribution in [2.45, 2.75) is 64.2 Å². The molecule has 3 rings (SSSR count). The Morgan fingerprint density at radius 3 is 1.88 bits per heavy atom. The second-order valence-corrected chi connectivity index (χ2v) is 6.24. The molecule has 0 aromatic carbocycles. The van der Waals surface area contributed by atoms with E-state index in [0.29, 0.717) is 18.4 Å². The zero-order valence-electron chi connectivity index (χ0n) is 10.7. The van der Waals surface area contributed by atoms with Gasteiger partial charge in [-0.15, -0.1) is 0 Å². The molecule has 3 aliphatic rings. The van der Waals surface area contributed by atoms with E-state index in [1.807, 2.05) is 0 Å². The van der Waals surface area contributed by atoms with Crippen molar-refractivity contribution in [1.82, 2.24) is 0 Å². The number of hydrogen-bond donors (Lipinski definition) is 0. The molecule has 0 spiro atoms. The first-order chi connectivity index (χ1) is 8.34. The summed E-state index contributed by atoms with van der Waals surface area (Å²) in [5, 5.41) is 0. The Bertz CT molecular complexity index is 269. The molecule has 96 valence electrons. The predicted molar refractivity (Wildman–Crippen MR) is 66.5 cm³/mol. The molecule has 2 nitrogen and oxygen atoms in total. The number of rotatable bonds is 2. The molecule has 2 heteroatoms. The van der Waals surface area contributed by atoms with Crippen molar-refractivity contribution < 1.29 is 9.53 Å². The number of carbonyl (C=O) groups is 1. The number of ether oxygens (including phenoxy) is 1. The average molecular weight is 236 g/mol. The van der Waals surface area contributed by atoms with Crippen LogP contribution >= 0.6 is 0 Å². The van der Waals surface area contributed by atoms with Crippen LogP contribution in [0.2, 0.25) is 0 Å². The lowest BCUT2D eigenvalue weighted by molar-refractivity contribution is -0.172. The Kier molecular flexibility index (Phi) is 3.14. The highest BCUT2D eigenvalue weighted by atomic mass is 16.5. The lowest BCUT2D eigenvalue weighted by Gasteiger charge is -2.44. The van der Waals surface area contributed by atoms with E-state index in [-0.39, 0.29) is 11.4 Å². The van der Waals surface area contributed by atoms with Crippen molar-refractivity contribution in [2.24, 2.45) is 17.3 Å². The van der Waals surface area contributed by atoms with Gasteiger partial charge in [-0.2, -0.15) is 0 Å². The van der Waals surface area contributed by atoms with E-state index in [2.05, 4.69) is 0 Å². The molecule has 0 aromatic heterocycles. The van der Waals surface area contributed by atoms with Crippen LogP contribution in [0.4, 0.5) is 0 Å². The van der Waals surface area contributed by atoms with Crippen LogP contribution in [0.25, 0.3) is 0 Å². The average Bonchev–Trinajstić information content (AvgIpc) is 3.03. The Hall–Kier alpha value is -0.530. The van der Waals surface area contributed by atoms with Crippen LogP contribution in [-0.2, 0) is 9.53 Å². The highest BCUT2D eigenvalue weighted by Crippen LogP contribution is 2.54. The van der Waals surface area contributed by atoms with Gasteiger partial charge in [0.1, 0.15) is 0 Å². The first-order valence-electron chi connectivity index (χ1n) is 7.51. The number of carbonyl (C=O) groups excluding carboxylic acids is 1. The number of hydrogen-bond acceptors (Lipinski definition) is 2. The molecule has 2 aliphatic carbocycles. The van der Waals surface area contributed by atoms with Crippen molar-refractivity contribution in [2.75, 3.05) is 6.61 Å². The third-order valence-corrected chi connectivity index (χ3v) is 5.52. The summed E-state index contributed by atoms with van der Waals surface area (Å²) >= 11 is 0. The molecule has 0 amide bonds. The zero-order chi connectivity index (χ0) is 11.7. The van der Waals surface area contributed by atoms with Gasteiger partial charge in [0.2, 0.25) is 0 Å². The summed E-state index contributed by atoms with van der Waals surface area (Å²) in [7, 11) is 0. The van der Waals surface area contributed by atoms with Gasteiger partial charge < -0.3 is 4.74 Å². The summed E-state index contributed by atoms with van der Waals surface area (Å²) in [4.78, 5) is 12.5. The summed E-state index contributed by atoms with van der Waals surface area (Å²) in [6, 6.07) is 0. The van der Waals surface area contributed by atoms with Gasteiger partial charge in [0, 0.05) is 0 Å². The minimum Gasteiger partial charge on any atom is -0.465 e. The molecule has 3 fully saturated rings. The zero-order valence-corrected chi connectivity index (χ0v) is 10.7. The Labute approximate surface area is 104 Å². The van der Waals surface area contributed by atoms with Gasteiger partial charge in [-0.3, -0.25) is 4.79 Å². The Morgan fingerprint density at radius 2 is 1.41 bits per heavy atom. The standard InChI is InChI=1S/C15H24O2/c16-14-15(10-5-11-17-14,12-6-1-2-7-12)13-8-3-4-9-13/h12-13H,1-11H2.